The number of ether oxygens (including phenoxy) is 1. The van der Waals surface area contributed by atoms with Gasteiger partial charge in [-0.1, -0.05) is 32.0 Å². The number of rotatable bonds is 8. The zero-order valence-corrected chi connectivity index (χ0v) is 13.1. The number of para-hydroxylation sites is 1. The van der Waals surface area contributed by atoms with Gasteiger partial charge < -0.3 is 14.6 Å². The van der Waals surface area contributed by atoms with Gasteiger partial charge in [0.1, 0.15) is 6.73 Å². The molecule has 1 aliphatic carbocycles. The third kappa shape index (κ3) is 3.86. The van der Waals surface area contributed by atoms with E-state index in [0.717, 1.165) is 25.6 Å². The normalized spacial score (nSPS) is 15.2. The van der Waals surface area contributed by atoms with E-state index in [1.807, 2.05) is 0 Å². The number of hydrogen-bond donors (Lipinski definition) is 1. The standard InChI is InChI=1S/C18H26N2O/c1-14(2)10-19-11-17-5-3-4-16-8-9-20(18(16)17)13-21-12-15-6-7-15/h3-5,8-9,14-15,19H,6-7,10-13H2,1-2H3. The van der Waals surface area contributed by atoms with Crippen molar-refractivity contribution in [2.24, 2.45) is 11.8 Å². The van der Waals surface area contributed by atoms with E-state index >= 15 is 0 Å². The van der Waals surface area contributed by atoms with Gasteiger partial charge in [-0.05, 0) is 48.2 Å². The van der Waals surface area contributed by atoms with E-state index in [0.29, 0.717) is 12.6 Å². The molecule has 1 aliphatic rings. The maximum Gasteiger partial charge on any atom is 0.122 e. The van der Waals surface area contributed by atoms with Gasteiger partial charge in [-0.15, -0.1) is 0 Å². The fraction of sp³-hybridized carbons (Fsp3) is 0.556. The van der Waals surface area contributed by atoms with E-state index in [-0.39, 0.29) is 0 Å². The highest BCUT2D eigenvalue weighted by atomic mass is 16.5. The van der Waals surface area contributed by atoms with Crippen LogP contribution in [0.1, 0.15) is 32.3 Å². The Hall–Kier alpha value is -1.32. The average Bonchev–Trinajstić information content (AvgIpc) is 3.18. The van der Waals surface area contributed by atoms with Gasteiger partial charge in [-0.25, -0.2) is 0 Å². The van der Waals surface area contributed by atoms with E-state index in [2.05, 4.69) is 54.2 Å². The molecule has 0 amide bonds. The third-order valence-corrected chi connectivity index (χ3v) is 4.02. The van der Waals surface area contributed by atoms with Crippen molar-refractivity contribution in [1.82, 2.24) is 9.88 Å². The van der Waals surface area contributed by atoms with Gasteiger partial charge in [0.15, 0.2) is 0 Å². The number of aromatic nitrogens is 1. The topological polar surface area (TPSA) is 26.2 Å². The summed E-state index contributed by atoms with van der Waals surface area (Å²) in [7, 11) is 0. The van der Waals surface area contributed by atoms with Crippen LogP contribution < -0.4 is 5.32 Å². The highest BCUT2D eigenvalue weighted by Crippen LogP contribution is 2.29. The smallest absolute Gasteiger partial charge is 0.122 e. The molecule has 2 aromatic rings. The van der Waals surface area contributed by atoms with Gasteiger partial charge in [-0.2, -0.15) is 0 Å². The quantitative estimate of drug-likeness (QED) is 0.799. The van der Waals surface area contributed by atoms with Crippen molar-refractivity contribution in [2.75, 3.05) is 13.2 Å². The summed E-state index contributed by atoms with van der Waals surface area (Å²) < 4.78 is 8.09. The maximum absolute atomic E-state index is 5.85. The van der Waals surface area contributed by atoms with Crippen LogP contribution in [0.3, 0.4) is 0 Å². The molecule has 3 rings (SSSR count). The van der Waals surface area contributed by atoms with Gasteiger partial charge >= 0.3 is 0 Å². The van der Waals surface area contributed by atoms with Crippen molar-refractivity contribution in [1.29, 1.82) is 0 Å². The predicted octanol–water partition coefficient (Wildman–Crippen LogP) is 3.77. The van der Waals surface area contributed by atoms with E-state index in [4.69, 9.17) is 4.74 Å². The van der Waals surface area contributed by atoms with Crippen molar-refractivity contribution >= 4 is 10.9 Å². The Kier molecular flexibility index (Phi) is 4.61. The van der Waals surface area contributed by atoms with Crippen molar-refractivity contribution in [3.8, 4) is 0 Å². The Bertz CT molecular complexity index is 584. The van der Waals surface area contributed by atoms with Crippen LogP contribution in [0.15, 0.2) is 30.5 Å². The summed E-state index contributed by atoms with van der Waals surface area (Å²) in [5.41, 5.74) is 2.66. The first kappa shape index (κ1) is 14.6. The lowest BCUT2D eigenvalue weighted by Crippen LogP contribution is -2.19. The molecule has 21 heavy (non-hydrogen) atoms. The Morgan fingerprint density at radius 3 is 2.90 bits per heavy atom. The summed E-state index contributed by atoms with van der Waals surface area (Å²) in [6.07, 6.45) is 4.83. The van der Waals surface area contributed by atoms with Crippen molar-refractivity contribution in [3.63, 3.8) is 0 Å². The van der Waals surface area contributed by atoms with Crippen LogP contribution in [0.4, 0.5) is 0 Å². The molecule has 0 saturated heterocycles. The molecule has 114 valence electrons. The zero-order chi connectivity index (χ0) is 14.7. The number of nitrogens with one attached hydrogen (secondary N) is 1. The van der Waals surface area contributed by atoms with Gasteiger partial charge in [0.05, 0.1) is 12.1 Å². The second-order valence-corrected chi connectivity index (χ2v) is 6.61. The van der Waals surface area contributed by atoms with Crippen molar-refractivity contribution < 1.29 is 4.74 Å². The highest BCUT2D eigenvalue weighted by Gasteiger charge is 2.21. The Labute approximate surface area is 127 Å². The van der Waals surface area contributed by atoms with Gasteiger partial charge in [0.25, 0.3) is 0 Å². The molecule has 0 unspecified atom stereocenters. The number of hydrogen-bond acceptors (Lipinski definition) is 2. The molecule has 0 radical (unpaired) electrons. The minimum absolute atomic E-state index is 0.668. The third-order valence-electron chi connectivity index (χ3n) is 4.02. The zero-order valence-electron chi connectivity index (χ0n) is 13.1. The van der Waals surface area contributed by atoms with Crippen LogP contribution in [0.5, 0.6) is 0 Å². The summed E-state index contributed by atoms with van der Waals surface area (Å²) in [5, 5.41) is 4.84. The lowest BCUT2D eigenvalue weighted by atomic mass is 10.1. The molecule has 1 fully saturated rings. The van der Waals surface area contributed by atoms with Crippen LogP contribution in [0, 0.1) is 11.8 Å². The summed E-state index contributed by atoms with van der Waals surface area (Å²) in [5.74, 6) is 1.50. The molecule has 0 spiro atoms. The number of benzene rings is 1. The molecule has 3 nitrogen and oxygen atoms in total. The Morgan fingerprint density at radius 2 is 2.14 bits per heavy atom. The molecule has 1 heterocycles. The molecular weight excluding hydrogens is 260 g/mol. The summed E-state index contributed by atoms with van der Waals surface area (Å²) in [4.78, 5) is 0. The fourth-order valence-electron chi connectivity index (χ4n) is 2.69. The Balaban J connectivity index is 1.70. The van der Waals surface area contributed by atoms with Gasteiger partial charge in [0, 0.05) is 12.7 Å². The molecule has 1 aromatic carbocycles. The van der Waals surface area contributed by atoms with E-state index in [1.165, 1.54) is 29.3 Å². The number of nitrogens with zero attached hydrogens (tertiary/aromatic N) is 1. The molecule has 0 atom stereocenters. The molecule has 0 bridgehead atoms. The van der Waals surface area contributed by atoms with Crippen LogP contribution in [0.25, 0.3) is 10.9 Å². The minimum atomic E-state index is 0.668. The molecule has 3 heteroatoms. The summed E-state index contributed by atoms with van der Waals surface area (Å²) in [6.45, 7) is 8.02. The van der Waals surface area contributed by atoms with E-state index < -0.39 is 0 Å². The highest BCUT2D eigenvalue weighted by molar-refractivity contribution is 5.83. The van der Waals surface area contributed by atoms with Crippen molar-refractivity contribution in [2.45, 2.75) is 40.0 Å². The van der Waals surface area contributed by atoms with Crippen LogP contribution >= 0.6 is 0 Å². The lowest BCUT2D eigenvalue weighted by Gasteiger charge is -2.12. The van der Waals surface area contributed by atoms with Crippen molar-refractivity contribution in [3.05, 3.63) is 36.0 Å². The fourth-order valence-corrected chi connectivity index (χ4v) is 2.69. The first-order valence-electron chi connectivity index (χ1n) is 8.09. The second kappa shape index (κ2) is 6.63. The van der Waals surface area contributed by atoms with E-state index in [1.54, 1.807) is 0 Å². The number of fused-ring (bicyclic) bond motifs is 1. The van der Waals surface area contributed by atoms with Crippen LogP contribution in [-0.2, 0) is 18.0 Å². The molecular formula is C18H26N2O. The lowest BCUT2D eigenvalue weighted by molar-refractivity contribution is 0.0717. The van der Waals surface area contributed by atoms with E-state index in [9.17, 15) is 0 Å². The summed E-state index contributed by atoms with van der Waals surface area (Å²) >= 11 is 0. The van der Waals surface area contributed by atoms with Gasteiger partial charge in [0.2, 0.25) is 0 Å². The largest absolute Gasteiger partial charge is 0.360 e. The molecule has 1 saturated carbocycles. The van der Waals surface area contributed by atoms with Crippen LogP contribution in [-0.4, -0.2) is 17.7 Å². The average molecular weight is 286 g/mol. The molecule has 1 N–H and O–H groups in total. The first-order valence-corrected chi connectivity index (χ1v) is 8.09. The predicted molar refractivity (Wildman–Crippen MR) is 87.2 cm³/mol. The first-order chi connectivity index (χ1) is 10.2. The monoisotopic (exact) mass is 286 g/mol. The SMILES string of the molecule is CC(C)CNCc1cccc2ccn(COCC3CC3)c12. The molecule has 0 aliphatic heterocycles. The minimum Gasteiger partial charge on any atom is -0.360 e. The molecule has 1 aromatic heterocycles. The van der Waals surface area contributed by atoms with Gasteiger partial charge in [-0.3, -0.25) is 0 Å². The Morgan fingerprint density at radius 1 is 1.29 bits per heavy atom. The second-order valence-electron chi connectivity index (χ2n) is 6.61. The summed E-state index contributed by atoms with van der Waals surface area (Å²) in [6, 6.07) is 8.72. The van der Waals surface area contributed by atoms with Crippen LogP contribution in [0.2, 0.25) is 0 Å². The maximum atomic E-state index is 5.85.